The van der Waals surface area contributed by atoms with Crippen molar-refractivity contribution in [1.82, 2.24) is 29.2 Å². The largest absolute Gasteiger partial charge is 0.328 e. The number of pyridine rings is 1. The van der Waals surface area contributed by atoms with Crippen LogP contribution in [0.1, 0.15) is 17.1 Å². The van der Waals surface area contributed by atoms with Gasteiger partial charge in [0.05, 0.1) is 25.0 Å². The monoisotopic (exact) mass is 294 g/mol. The molecule has 3 aromatic rings. The predicted octanol–water partition coefficient (Wildman–Crippen LogP) is 1.54. The van der Waals surface area contributed by atoms with Crippen molar-refractivity contribution < 1.29 is 0 Å². The third-order valence-electron chi connectivity index (χ3n) is 4.06. The lowest BCUT2D eigenvalue weighted by Gasteiger charge is -2.28. The molecule has 1 aliphatic rings. The van der Waals surface area contributed by atoms with E-state index in [1.807, 2.05) is 41.7 Å². The highest BCUT2D eigenvalue weighted by Gasteiger charge is 2.19. The third kappa shape index (κ3) is 2.65. The number of aromatic nitrogens is 5. The Morgan fingerprint density at radius 3 is 2.77 bits per heavy atom. The highest BCUT2D eigenvalue weighted by atomic mass is 15.3. The average molecular weight is 294 g/mol. The first-order valence-electron chi connectivity index (χ1n) is 7.50. The van der Waals surface area contributed by atoms with Crippen LogP contribution in [0.2, 0.25) is 0 Å². The van der Waals surface area contributed by atoms with Crippen molar-refractivity contribution in [2.45, 2.75) is 26.2 Å². The molecule has 0 saturated heterocycles. The topological polar surface area (TPSA) is 51.8 Å². The average Bonchev–Trinajstić information content (AvgIpc) is 3.19. The van der Waals surface area contributed by atoms with E-state index >= 15 is 0 Å². The fourth-order valence-electron chi connectivity index (χ4n) is 2.94. The lowest BCUT2D eigenvalue weighted by atomic mass is 10.2. The summed E-state index contributed by atoms with van der Waals surface area (Å²) in [5, 5.41) is 4.27. The van der Waals surface area contributed by atoms with Crippen molar-refractivity contribution in [2.24, 2.45) is 0 Å². The summed E-state index contributed by atoms with van der Waals surface area (Å²) in [5.74, 6) is 1.14. The van der Waals surface area contributed by atoms with E-state index in [0.717, 1.165) is 38.5 Å². The predicted molar refractivity (Wildman–Crippen MR) is 81.9 cm³/mol. The quantitative estimate of drug-likeness (QED) is 0.732. The maximum absolute atomic E-state index is 4.60. The highest BCUT2D eigenvalue weighted by Crippen LogP contribution is 2.17. The van der Waals surface area contributed by atoms with E-state index in [2.05, 4.69) is 36.7 Å². The van der Waals surface area contributed by atoms with Crippen molar-refractivity contribution in [2.75, 3.05) is 6.54 Å². The summed E-state index contributed by atoms with van der Waals surface area (Å²) in [5.41, 5.74) is 2.52. The van der Waals surface area contributed by atoms with Gasteiger partial charge in [-0.1, -0.05) is 0 Å². The molecular weight excluding hydrogens is 276 g/mol. The minimum Gasteiger partial charge on any atom is -0.328 e. The van der Waals surface area contributed by atoms with Crippen LogP contribution in [0.3, 0.4) is 0 Å². The molecule has 0 spiro atoms. The molecule has 4 heterocycles. The Kier molecular flexibility index (Phi) is 3.44. The standard InChI is InChI=1S/C16H18N6/c1-4-19-21(7-1)12-15-10-18-16-13-20(8-9-22(15)16)11-14-2-5-17-6-3-14/h1-7,10H,8-9,11-13H2. The Morgan fingerprint density at radius 2 is 1.95 bits per heavy atom. The third-order valence-corrected chi connectivity index (χ3v) is 4.06. The first kappa shape index (κ1) is 13.2. The minimum absolute atomic E-state index is 0.782. The van der Waals surface area contributed by atoms with Crippen LogP contribution in [0.5, 0.6) is 0 Å². The van der Waals surface area contributed by atoms with Crippen LogP contribution >= 0.6 is 0 Å². The Bertz CT molecular complexity index is 731. The molecule has 0 unspecified atom stereocenters. The lowest BCUT2D eigenvalue weighted by molar-refractivity contribution is 0.207. The second-order valence-corrected chi connectivity index (χ2v) is 5.59. The van der Waals surface area contributed by atoms with Crippen LogP contribution in [0.4, 0.5) is 0 Å². The molecule has 0 fully saturated rings. The van der Waals surface area contributed by atoms with Crippen molar-refractivity contribution >= 4 is 0 Å². The van der Waals surface area contributed by atoms with Gasteiger partial charge in [-0.3, -0.25) is 14.6 Å². The van der Waals surface area contributed by atoms with Crippen LogP contribution in [0, 0.1) is 0 Å². The summed E-state index contributed by atoms with van der Waals surface area (Å²) in [6.07, 6.45) is 9.47. The zero-order valence-electron chi connectivity index (χ0n) is 12.3. The summed E-state index contributed by atoms with van der Waals surface area (Å²) in [6, 6.07) is 6.10. The number of rotatable bonds is 4. The van der Waals surface area contributed by atoms with Gasteiger partial charge in [0.25, 0.3) is 0 Å². The van der Waals surface area contributed by atoms with Gasteiger partial charge in [-0.25, -0.2) is 4.98 Å². The summed E-state index contributed by atoms with van der Waals surface area (Å²) in [4.78, 5) is 11.1. The van der Waals surface area contributed by atoms with Crippen molar-refractivity contribution in [1.29, 1.82) is 0 Å². The Morgan fingerprint density at radius 1 is 1.05 bits per heavy atom. The Labute approximate surface area is 129 Å². The molecule has 0 atom stereocenters. The Balaban J connectivity index is 1.47. The van der Waals surface area contributed by atoms with Crippen molar-refractivity contribution in [3.05, 3.63) is 66.3 Å². The van der Waals surface area contributed by atoms with Gasteiger partial charge in [-0.2, -0.15) is 5.10 Å². The van der Waals surface area contributed by atoms with E-state index in [1.165, 1.54) is 11.3 Å². The molecule has 0 amide bonds. The summed E-state index contributed by atoms with van der Waals surface area (Å²) in [6.45, 7) is 4.64. The molecule has 4 rings (SSSR count). The minimum atomic E-state index is 0.782. The van der Waals surface area contributed by atoms with Crippen LogP contribution in [0.15, 0.2) is 49.2 Å². The molecule has 0 aromatic carbocycles. The smallest absolute Gasteiger partial charge is 0.123 e. The second-order valence-electron chi connectivity index (χ2n) is 5.59. The van der Waals surface area contributed by atoms with Gasteiger partial charge in [0.15, 0.2) is 0 Å². The van der Waals surface area contributed by atoms with E-state index in [-0.39, 0.29) is 0 Å². The second kappa shape index (κ2) is 5.73. The first-order chi connectivity index (χ1) is 10.9. The van der Waals surface area contributed by atoms with Gasteiger partial charge in [0, 0.05) is 44.4 Å². The maximum atomic E-state index is 4.60. The SMILES string of the molecule is c1cnn(Cc2cnc3n2CCN(Cc2ccncc2)C3)c1. The van der Waals surface area contributed by atoms with Crippen molar-refractivity contribution in [3.63, 3.8) is 0 Å². The molecule has 0 radical (unpaired) electrons. The summed E-state index contributed by atoms with van der Waals surface area (Å²) < 4.78 is 4.26. The molecule has 6 heteroatoms. The summed E-state index contributed by atoms with van der Waals surface area (Å²) in [7, 11) is 0. The van der Waals surface area contributed by atoms with Gasteiger partial charge >= 0.3 is 0 Å². The van der Waals surface area contributed by atoms with E-state index in [9.17, 15) is 0 Å². The van der Waals surface area contributed by atoms with E-state index in [1.54, 1.807) is 0 Å². The van der Waals surface area contributed by atoms with Crippen LogP contribution < -0.4 is 0 Å². The normalized spacial score (nSPS) is 14.9. The summed E-state index contributed by atoms with van der Waals surface area (Å²) >= 11 is 0. The van der Waals surface area contributed by atoms with Gasteiger partial charge < -0.3 is 4.57 Å². The van der Waals surface area contributed by atoms with Gasteiger partial charge in [0.2, 0.25) is 0 Å². The number of imidazole rings is 1. The number of fused-ring (bicyclic) bond motifs is 1. The number of nitrogens with zero attached hydrogens (tertiary/aromatic N) is 6. The van der Waals surface area contributed by atoms with E-state index in [0.29, 0.717) is 0 Å². The maximum Gasteiger partial charge on any atom is 0.123 e. The molecular formula is C16H18N6. The number of hydrogen-bond donors (Lipinski definition) is 0. The molecule has 0 N–H and O–H groups in total. The molecule has 1 aliphatic heterocycles. The van der Waals surface area contributed by atoms with E-state index < -0.39 is 0 Å². The molecule has 6 nitrogen and oxygen atoms in total. The van der Waals surface area contributed by atoms with Crippen LogP contribution in [-0.2, 0) is 26.2 Å². The zero-order chi connectivity index (χ0) is 14.8. The fourth-order valence-corrected chi connectivity index (χ4v) is 2.94. The van der Waals surface area contributed by atoms with Gasteiger partial charge in [-0.05, 0) is 23.8 Å². The molecule has 3 aromatic heterocycles. The molecule has 0 saturated carbocycles. The van der Waals surface area contributed by atoms with Crippen LogP contribution in [-0.4, -0.2) is 35.8 Å². The molecule has 112 valence electrons. The highest BCUT2D eigenvalue weighted by molar-refractivity contribution is 5.12. The fraction of sp³-hybridized carbons (Fsp3) is 0.312. The lowest BCUT2D eigenvalue weighted by Crippen LogP contribution is -2.34. The molecule has 22 heavy (non-hydrogen) atoms. The molecule has 0 aliphatic carbocycles. The number of hydrogen-bond acceptors (Lipinski definition) is 4. The Hall–Kier alpha value is -2.47. The van der Waals surface area contributed by atoms with Gasteiger partial charge in [-0.15, -0.1) is 0 Å². The van der Waals surface area contributed by atoms with Crippen LogP contribution in [0.25, 0.3) is 0 Å². The molecule has 0 bridgehead atoms. The first-order valence-corrected chi connectivity index (χ1v) is 7.50. The van der Waals surface area contributed by atoms with Crippen molar-refractivity contribution in [3.8, 4) is 0 Å². The van der Waals surface area contributed by atoms with E-state index in [4.69, 9.17) is 0 Å². The zero-order valence-corrected chi connectivity index (χ0v) is 12.3. The van der Waals surface area contributed by atoms with Gasteiger partial charge in [0.1, 0.15) is 5.82 Å².